The number of nitriles is 1. The lowest BCUT2D eigenvalue weighted by Gasteiger charge is -2.32. The molecule has 1 aliphatic heterocycles. The van der Waals surface area contributed by atoms with Crippen molar-refractivity contribution in [2.24, 2.45) is 5.41 Å². The standard InChI is InChI=1S/C14H25N3O2/c1-4-14(5-2,11-15)13(18)16-9-12-10-17(6-3)7-8-19-12/h12H,4-10H2,1-3H3,(H,16,18). The van der Waals surface area contributed by atoms with E-state index in [4.69, 9.17) is 4.74 Å². The smallest absolute Gasteiger partial charge is 0.240 e. The Balaban J connectivity index is 2.47. The number of nitrogens with one attached hydrogen (secondary N) is 1. The summed E-state index contributed by atoms with van der Waals surface area (Å²) in [5.41, 5.74) is -0.890. The predicted octanol–water partition coefficient (Wildman–Crippen LogP) is 1.15. The van der Waals surface area contributed by atoms with Gasteiger partial charge in [0, 0.05) is 19.6 Å². The molecule has 5 nitrogen and oxygen atoms in total. The first-order valence-corrected chi connectivity index (χ1v) is 7.15. The fourth-order valence-electron chi connectivity index (χ4n) is 2.35. The van der Waals surface area contributed by atoms with Crippen molar-refractivity contribution in [3.8, 4) is 6.07 Å². The fourth-order valence-corrected chi connectivity index (χ4v) is 2.35. The van der Waals surface area contributed by atoms with Gasteiger partial charge in [-0.2, -0.15) is 5.26 Å². The molecule has 19 heavy (non-hydrogen) atoms. The van der Waals surface area contributed by atoms with E-state index in [0.717, 1.165) is 19.6 Å². The fraction of sp³-hybridized carbons (Fsp3) is 0.857. The minimum absolute atomic E-state index is 0.0303. The summed E-state index contributed by atoms with van der Waals surface area (Å²) in [6.07, 6.45) is 1.11. The topological polar surface area (TPSA) is 65.4 Å². The molecule has 0 spiro atoms. The average molecular weight is 267 g/mol. The maximum Gasteiger partial charge on any atom is 0.240 e. The molecule has 1 aliphatic rings. The largest absolute Gasteiger partial charge is 0.374 e. The maximum absolute atomic E-state index is 12.1. The van der Waals surface area contributed by atoms with Gasteiger partial charge in [0.25, 0.3) is 0 Å². The Morgan fingerprint density at radius 3 is 2.68 bits per heavy atom. The van der Waals surface area contributed by atoms with Gasteiger partial charge >= 0.3 is 0 Å². The summed E-state index contributed by atoms with van der Waals surface area (Å²) in [6.45, 7) is 9.86. The number of hydrogen-bond acceptors (Lipinski definition) is 4. The molecule has 0 aromatic heterocycles. The zero-order valence-electron chi connectivity index (χ0n) is 12.2. The molecule has 0 aromatic rings. The number of amides is 1. The SMILES string of the molecule is CCN1CCOC(CNC(=O)C(C#N)(CC)CC)C1. The van der Waals surface area contributed by atoms with Gasteiger partial charge in [0.15, 0.2) is 0 Å². The van der Waals surface area contributed by atoms with Crippen LogP contribution in [0.15, 0.2) is 0 Å². The highest BCUT2D eigenvalue weighted by Crippen LogP contribution is 2.25. The molecule has 5 heteroatoms. The molecule has 0 radical (unpaired) electrons. The van der Waals surface area contributed by atoms with E-state index < -0.39 is 5.41 Å². The van der Waals surface area contributed by atoms with Crippen molar-refractivity contribution >= 4 is 5.91 Å². The average Bonchev–Trinajstić information content (AvgIpc) is 2.47. The van der Waals surface area contributed by atoms with Crippen LogP contribution < -0.4 is 5.32 Å². The van der Waals surface area contributed by atoms with Gasteiger partial charge in [0.1, 0.15) is 5.41 Å². The Morgan fingerprint density at radius 1 is 1.47 bits per heavy atom. The van der Waals surface area contributed by atoms with E-state index >= 15 is 0 Å². The Morgan fingerprint density at radius 2 is 2.16 bits per heavy atom. The molecule has 1 unspecified atom stereocenters. The summed E-state index contributed by atoms with van der Waals surface area (Å²) in [4.78, 5) is 14.5. The number of likely N-dealkylation sites (N-methyl/N-ethyl adjacent to an activating group) is 1. The van der Waals surface area contributed by atoms with Crippen LogP contribution in [0.3, 0.4) is 0 Å². The lowest BCUT2D eigenvalue weighted by molar-refractivity contribution is -0.129. The minimum Gasteiger partial charge on any atom is -0.374 e. The first-order valence-electron chi connectivity index (χ1n) is 7.15. The van der Waals surface area contributed by atoms with Gasteiger partial charge in [-0.15, -0.1) is 0 Å². The van der Waals surface area contributed by atoms with Gasteiger partial charge in [-0.3, -0.25) is 9.69 Å². The number of carbonyl (C=O) groups is 1. The second kappa shape index (κ2) is 7.46. The number of morpholine rings is 1. The molecule has 1 heterocycles. The highest BCUT2D eigenvalue weighted by Gasteiger charge is 2.35. The second-order valence-electron chi connectivity index (χ2n) is 5.00. The van der Waals surface area contributed by atoms with E-state index in [-0.39, 0.29) is 12.0 Å². The van der Waals surface area contributed by atoms with Gasteiger partial charge < -0.3 is 10.1 Å². The van der Waals surface area contributed by atoms with Crippen LogP contribution in [0.2, 0.25) is 0 Å². The molecule has 1 rings (SSSR count). The summed E-state index contributed by atoms with van der Waals surface area (Å²) >= 11 is 0. The van der Waals surface area contributed by atoms with Crippen LogP contribution in [0, 0.1) is 16.7 Å². The van der Waals surface area contributed by atoms with Crippen LogP contribution in [0.5, 0.6) is 0 Å². The third-order valence-corrected chi connectivity index (χ3v) is 4.02. The zero-order valence-corrected chi connectivity index (χ0v) is 12.2. The molecule has 108 valence electrons. The van der Waals surface area contributed by atoms with Gasteiger partial charge in [-0.05, 0) is 19.4 Å². The van der Waals surface area contributed by atoms with E-state index in [2.05, 4.69) is 23.2 Å². The van der Waals surface area contributed by atoms with Crippen molar-refractivity contribution in [1.29, 1.82) is 5.26 Å². The van der Waals surface area contributed by atoms with Gasteiger partial charge in [-0.1, -0.05) is 20.8 Å². The van der Waals surface area contributed by atoms with Gasteiger partial charge in [-0.25, -0.2) is 0 Å². The first kappa shape index (κ1) is 15.9. The molecular weight excluding hydrogens is 242 g/mol. The summed E-state index contributed by atoms with van der Waals surface area (Å²) in [5.74, 6) is -0.169. The van der Waals surface area contributed by atoms with E-state index in [1.807, 2.05) is 13.8 Å². The molecular formula is C14H25N3O2. The number of carbonyl (C=O) groups excluding carboxylic acids is 1. The lowest BCUT2D eigenvalue weighted by atomic mass is 9.83. The predicted molar refractivity (Wildman–Crippen MR) is 73.5 cm³/mol. The van der Waals surface area contributed by atoms with Crippen molar-refractivity contribution in [1.82, 2.24) is 10.2 Å². The molecule has 0 aliphatic carbocycles. The Kier molecular flexibility index (Phi) is 6.26. The molecule has 1 N–H and O–H groups in total. The highest BCUT2D eigenvalue weighted by molar-refractivity contribution is 5.85. The van der Waals surface area contributed by atoms with Crippen LogP contribution in [0.4, 0.5) is 0 Å². The lowest BCUT2D eigenvalue weighted by Crippen LogP contribution is -2.49. The van der Waals surface area contributed by atoms with E-state index in [1.165, 1.54) is 0 Å². The Hall–Kier alpha value is -1.12. The van der Waals surface area contributed by atoms with Crippen LogP contribution in [0.25, 0.3) is 0 Å². The van der Waals surface area contributed by atoms with Crippen LogP contribution >= 0.6 is 0 Å². The maximum atomic E-state index is 12.1. The Bertz CT molecular complexity index is 334. The monoisotopic (exact) mass is 267 g/mol. The van der Waals surface area contributed by atoms with Gasteiger partial charge in [0.2, 0.25) is 5.91 Å². The second-order valence-corrected chi connectivity index (χ2v) is 5.00. The Labute approximate surface area is 115 Å². The molecule has 1 saturated heterocycles. The first-order chi connectivity index (χ1) is 9.11. The van der Waals surface area contributed by atoms with Crippen LogP contribution in [0.1, 0.15) is 33.6 Å². The van der Waals surface area contributed by atoms with Gasteiger partial charge in [0.05, 0.1) is 18.8 Å². The van der Waals surface area contributed by atoms with Crippen molar-refractivity contribution in [2.45, 2.75) is 39.7 Å². The number of rotatable bonds is 6. The van der Waals surface area contributed by atoms with Crippen molar-refractivity contribution in [3.63, 3.8) is 0 Å². The van der Waals surface area contributed by atoms with Crippen LogP contribution in [-0.2, 0) is 9.53 Å². The molecule has 1 fully saturated rings. The molecule has 0 saturated carbocycles. The summed E-state index contributed by atoms with van der Waals surface area (Å²) < 4.78 is 5.63. The van der Waals surface area contributed by atoms with Crippen molar-refractivity contribution in [2.75, 3.05) is 32.8 Å². The summed E-state index contributed by atoms with van der Waals surface area (Å²) in [5, 5.41) is 12.1. The van der Waals surface area contributed by atoms with E-state index in [0.29, 0.717) is 26.0 Å². The third kappa shape index (κ3) is 3.92. The number of hydrogen-bond donors (Lipinski definition) is 1. The number of nitrogens with zero attached hydrogens (tertiary/aromatic N) is 2. The van der Waals surface area contributed by atoms with Crippen LogP contribution in [-0.4, -0.2) is 49.7 Å². The number of ether oxygens (including phenoxy) is 1. The molecule has 0 bridgehead atoms. The summed E-state index contributed by atoms with van der Waals surface area (Å²) in [6, 6.07) is 2.16. The van der Waals surface area contributed by atoms with E-state index in [1.54, 1.807) is 0 Å². The zero-order chi connectivity index (χ0) is 14.3. The summed E-state index contributed by atoms with van der Waals surface area (Å²) in [7, 11) is 0. The van der Waals surface area contributed by atoms with Crippen molar-refractivity contribution in [3.05, 3.63) is 0 Å². The minimum atomic E-state index is -0.890. The normalized spacial score (nSPS) is 20.8. The third-order valence-electron chi connectivity index (χ3n) is 4.02. The highest BCUT2D eigenvalue weighted by atomic mass is 16.5. The van der Waals surface area contributed by atoms with Crippen molar-refractivity contribution < 1.29 is 9.53 Å². The molecule has 1 atom stereocenters. The quantitative estimate of drug-likeness (QED) is 0.784. The molecule has 1 amide bonds. The molecule has 0 aromatic carbocycles. The van der Waals surface area contributed by atoms with E-state index in [9.17, 15) is 10.1 Å².